The van der Waals surface area contributed by atoms with E-state index in [9.17, 15) is 9.90 Å². The van der Waals surface area contributed by atoms with Gasteiger partial charge in [0.2, 0.25) is 5.91 Å². The van der Waals surface area contributed by atoms with Gasteiger partial charge in [-0.1, -0.05) is 20.8 Å². The highest BCUT2D eigenvalue weighted by Crippen LogP contribution is 2.72. The summed E-state index contributed by atoms with van der Waals surface area (Å²) in [5, 5.41) is 13.4. The summed E-state index contributed by atoms with van der Waals surface area (Å²) < 4.78 is 0. The first kappa shape index (κ1) is 13.6. The molecule has 2 saturated carbocycles. The fourth-order valence-electron chi connectivity index (χ4n) is 4.32. The minimum Gasteiger partial charge on any atom is -0.393 e. The number of amides is 1. The van der Waals surface area contributed by atoms with E-state index in [0.717, 1.165) is 18.5 Å². The third kappa shape index (κ3) is 1.46. The van der Waals surface area contributed by atoms with Gasteiger partial charge in [-0.15, -0.1) is 0 Å². The van der Waals surface area contributed by atoms with Gasteiger partial charge in [-0.2, -0.15) is 0 Å². The molecule has 2 N–H and O–H groups in total. The largest absolute Gasteiger partial charge is 0.393 e. The molecule has 0 unspecified atom stereocenters. The second-order valence-corrected chi connectivity index (χ2v) is 7.03. The third-order valence-corrected chi connectivity index (χ3v) is 6.35. The highest BCUT2D eigenvalue weighted by Gasteiger charge is 2.72. The van der Waals surface area contributed by atoms with Crippen molar-refractivity contribution in [1.82, 2.24) is 4.98 Å². The fraction of sp³-hybridized carbons (Fsp3) is 0.625. The Bertz CT molecular complexity index is 543. The molecule has 108 valence electrons. The van der Waals surface area contributed by atoms with Crippen molar-refractivity contribution in [3.63, 3.8) is 0 Å². The van der Waals surface area contributed by atoms with Crippen molar-refractivity contribution in [1.29, 1.82) is 0 Å². The van der Waals surface area contributed by atoms with Gasteiger partial charge in [0.05, 0.1) is 11.5 Å². The average Bonchev–Trinajstić information content (AvgIpc) is 2.70. The van der Waals surface area contributed by atoms with Crippen LogP contribution >= 0.6 is 0 Å². The van der Waals surface area contributed by atoms with Crippen LogP contribution in [0.15, 0.2) is 24.5 Å². The molecule has 2 bridgehead atoms. The SMILES string of the molecule is CC1(C)[C@@]2(C(=O)Nc3ccncc3)CC[C@]1(C)[C@@H](O)C2. The lowest BCUT2D eigenvalue weighted by molar-refractivity contribution is -0.130. The van der Waals surface area contributed by atoms with E-state index in [1.807, 2.05) is 0 Å². The topological polar surface area (TPSA) is 62.2 Å². The molecule has 2 fully saturated rings. The molecule has 3 atom stereocenters. The van der Waals surface area contributed by atoms with E-state index in [4.69, 9.17) is 0 Å². The van der Waals surface area contributed by atoms with E-state index >= 15 is 0 Å². The lowest BCUT2D eigenvalue weighted by Gasteiger charge is -2.40. The summed E-state index contributed by atoms with van der Waals surface area (Å²) in [7, 11) is 0. The van der Waals surface area contributed by atoms with Gasteiger partial charge in [0.25, 0.3) is 0 Å². The lowest BCUT2D eigenvalue weighted by atomic mass is 9.64. The summed E-state index contributed by atoms with van der Waals surface area (Å²) in [5.41, 5.74) is -0.0611. The molecule has 3 rings (SSSR count). The van der Waals surface area contributed by atoms with Gasteiger partial charge in [0, 0.05) is 18.1 Å². The summed E-state index contributed by atoms with van der Waals surface area (Å²) in [5.74, 6) is 0.0361. The second kappa shape index (κ2) is 4.04. The molecule has 0 radical (unpaired) electrons. The van der Waals surface area contributed by atoms with Gasteiger partial charge in [-0.05, 0) is 42.2 Å². The number of aliphatic hydroxyl groups excluding tert-OH is 1. The van der Waals surface area contributed by atoms with Crippen LogP contribution in [-0.2, 0) is 4.79 Å². The molecule has 1 amide bonds. The minimum absolute atomic E-state index is 0.0361. The maximum Gasteiger partial charge on any atom is 0.231 e. The number of carbonyl (C=O) groups excluding carboxylic acids is 1. The number of hydrogen-bond donors (Lipinski definition) is 2. The Morgan fingerprint density at radius 1 is 1.30 bits per heavy atom. The van der Waals surface area contributed by atoms with E-state index in [2.05, 4.69) is 31.1 Å². The summed E-state index contributed by atoms with van der Waals surface area (Å²) in [6, 6.07) is 3.59. The number of nitrogens with zero attached hydrogens (tertiary/aromatic N) is 1. The van der Waals surface area contributed by atoms with Crippen molar-refractivity contribution in [2.24, 2.45) is 16.2 Å². The van der Waals surface area contributed by atoms with Crippen LogP contribution in [0.25, 0.3) is 0 Å². The fourth-order valence-corrected chi connectivity index (χ4v) is 4.32. The Kier molecular flexibility index (Phi) is 2.74. The van der Waals surface area contributed by atoms with Crippen molar-refractivity contribution in [2.75, 3.05) is 5.32 Å². The number of aromatic nitrogens is 1. The number of carbonyl (C=O) groups is 1. The van der Waals surface area contributed by atoms with Crippen LogP contribution in [0.4, 0.5) is 5.69 Å². The maximum atomic E-state index is 12.9. The van der Waals surface area contributed by atoms with Crippen LogP contribution in [0.1, 0.15) is 40.0 Å². The van der Waals surface area contributed by atoms with Crippen molar-refractivity contribution < 1.29 is 9.90 Å². The number of aliphatic hydroxyl groups is 1. The quantitative estimate of drug-likeness (QED) is 0.871. The number of nitrogens with one attached hydrogen (secondary N) is 1. The highest BCUT2D eigenvalue weighted by atomic mass is 16.3. The third-order valence-electron chi connectivity index (χ3n) is 6.35. The Morgan fingerprint density at radius 2 is 1.95 bits per heavy atom. The van der Waals surface area contributed by atoms with E-state index in [-0.39, 0.29) is 16.7 Å². The van der Waals surface area contributed by atoms with E-state index in [0.29, 0.717) is 6.42 Å². The van der Waals surface area contributed by atoms with Crippen molar-refractivity contribution in [2.45, 2.75) is 46.1 Å². The van der Waals surface area contributed by atoms with Gasteiger partial charge < -0.3 is 10.4 Å². The van der Waals surface area contributed by atoms with Crippen LogP contribution in [0.2, 0.25) is 0 Å². The van der Waals surface area contributed by atoms with Crippen molar-refractivity contribution in [3.05, 3.63) is 24.5 Å². The van der Waals surface area contributed by atoms with Crippen molar-refractivity contribution in [3.8, 4) is 0 Å². The van der Waals surface area contributed by atoms with E-state index in [1.165, 1.54) is 0 Å². The minimum atomic E-state index is -0.468. The first-order valence-corrected chi connectivity index (χ1v) is 7.23. The number of pyridine rings is 1. The van der Waals surface area contributed by atoms with Crippen molar-refractivity contribution >= 4 is 11.6 Å². The van der Waals surface area contributed by atoms with Crippen LogP contribution in [0, 0.1) is 16.2 Å². The van der Waals surface area contributed by atoms with E-state index in [1.54, 1.807) is 24.5 Å². The maximum absolute atomic E-state index is 12.9. The molecule has 2 aliphatic rings. The molecule has 0 aromatic carbocycles. The molecule has 4 nitrogen and oxygen atoms in total. The molecule has 1 aromatic rings. The molecule has 4 heteroatoms. The molecule has 1 aromatic heterocycles. The van der Waals surface area contributed by atoms with Crippen LogP contribution in [0.3, 0.4) is 0 Å². The summed E-state index contributed by atoms with van der Waals surface area (Å²) >= 11 is 0. The van der Waals surface area contributed by atoms with Gasteiger partial charge in [-0.25, -0.2) is 0 Å². The molecule has 1 heterocycles. The highest BCUT2D eigenvalue weighted by molar-refractivity contribution is 5.96. The number of anilines is 1. The van der Waals surface area contributed by atoms with E-state index < -0.39 is 11.5 Å². The van der Waals surface area contributed by atoms with Crippen LogP contribution < -0.4 is 5.32 Å². The smallest absolute Gasteiger partial charge is 0.231 e. The lowest BCUT2D eigenvalue weighted by Crippen LogP contribution is -2.43. The average molecular weight is 274 g/mol. The molecule has 20 heavy (non-hydrogen) atoms. The standard InChI is InChI=1S/C16H22N2O2/c1-14(2)15(3)6-7-16(14,10-12(15)19)13(20)18-11-4-8-17-9-5-11/h4-5,8-9,12,19H,6-7,10H2,1-3H3,(H,17,18,20)/t12-,15+,16-/m0/s1. The van der Waals surface area contributed by atoms with Gasteiger partial charge >= 0.3 is 0 Å². The second-order valence-electron chi connectivity index (χ2n) is 7.03. The molecular formula is C16H22N2O2. The number of rotatable bonds is 2. The van der Waals surface area contributed by atoms with Crippen LogP contribution in [-0.4, -0.2) is 22.1 Å². The zero-order valence-electron chi connectivity index (χ0n) is 12.3. The van der Waals surface area contributed by atoms with Gasteiger partial charge in [0.15, 0.2) is 0 Å². The Hall–Kier alpha value is -1.42. The Morgan fingerprint density at radius 3 is 2.45 bits per heavy atom. The summed E-state index contributed by atoms with van der Waals surface area (Å²) in [6.45, 7) is 6.37. The molecule has 0 saturated heterocycles. The zero-order valence-corrected chi connectivity index (χ0v) is 12.3. The molecule has 0 aliphatic heterocycles. The monoisotopic (exact) mass is 274 g/mol. The number of fused-ring (bicyclic) bond motifs is 2. The Balaban J connectivity index is 1.92. The molecular weight excluding hydrogens is 252 g/mol. The summed E-state index contributed by atoms with van der Waals surface area (Å²) in [4.78, 5) is 16.8. The van der Waals surface area contributed by atoms with Crippen LogP contribution in [0.5, 0.6) is 0 Å². The first-order valence-electron chi connectivity index (χ1n) is 7.23. The summed E-state index contributed by atoms with van der Waals surface area (Å²) in [6.07, 6.45) is 5.26. The van der Waals surface area contributed by atoms with Gasteiger partial charge in [-0.3, -0.25) is 9.78 Å². The number of hydrogen-bond acceptors (Lipinski definition) is 3. The normalized spacial score (nSPS) is 37.9. The predicted octanol–water partition coefficient (Wildman–Crippen LogP) is 2.60. The van der Waals surface area contributed by atoms with Gasteiger partial charge in [0.1, 0.15) is 0 Å². The molecule has 2 aliphatic carbocycles. The first-order chi connectivity index (χ1) is 9.33. The molecule has 0 spiro atoms. The Labute approximate surface area is 119 Å². The predicted molar refractivity (Wildman–Crippen MR) is 77.0 cm³/mol. The zero-order chi connectivity index (χ0) is 14.6.